The Labute approximate surface area is 123 Å². The van der Waals surface area contributed by atoms with E-state index in [2.05, 4.69) is 43.0 Å². The predicted molar refractivity (Wildman–Crippen MR) is 83.5 cm³/mol. The molecular formula is C17H28N2O. The molecule has 3 heteroatoms. The summed E-state index contributed by atoms with van der Waals surface area (Å²) >= 11 is 0. The van der Waals surface area contributed by atoms with Gasteiger partial charge in [-0.3, -0.25) is 4.90 Å². The second-order valence-electron chi connectivity index (χ2n) is 6.16. The first kappa shape index (κ1) is 15.5. The first-order chi connectivity index (χ1) is 9.65. The van der Waals surface area contributed by atoms with Gasteiger partial charge in [-0.05, 0) is 36.8 Å². The molecule has 0 spiro atoms. The van der Waals surface area contributed by atoms with Crippen molar-refractivity contribution < 1.29 is 4.74 Å². The quantitative estimate of drug-likeness (QED) is 0.898. The van der Waals surface area contributed by atoms with Gasteiger partial charge in [0.2, 0.25) is 0 Å². The third kappa shape index (κ3) is 3.60. The molecule has 0 aromatic heterocycles. The molecule has 20 heavy (non-hydrogen) atoms. The minimum absolute atomic E-state index is 0.324. The number of benzene rings is 1. The second kappa shape index (κ2) is 7.21. The van der Waals surface area contributed by atoms with Gasteiger partial charge >= 0.3 is 0 Å². The van der Waals surface area contributed by atoms with Gasteiger partial charge in [-0.1, -0.05) is 31.2 Å². The van der Waals surface area contributed by atoms with E-state index in [1.807, 2.05) is 0 Å². The number of piperidine rings is 1. The second-order valence-corrected chi connectivity index (χ2v) is 6.16. The Kier molecular flexibility index (Phi) is 5.58. The number of hydrogen-bond donors (Lipinski definition) is 1. The van der Waals surface area contributed by atoms with Crippen molar-refractivity contribution in [2.45, 2.75) is 45.4 Å². The highest BCUT2D eigenvalue weighted by molar-refractivity contribution is 5.26. The summed E-state index contributed by atoms with van der Waals surface area (Å²) in [7, 11) is 1.74. The highest BCUT2D eigenvalue weighted by atomic mass is 16.5. The fourth-order valence-electron chi connectivity index (χ4n) is 3.28. The van der Waals surface area contributed by atoms with Crippen LogP contribution in [0.2, 0.25) is 0 Å². The SMILES string of the molecule is COCc1cccc(C(CN)N2CC(C)CCC2C)c1. The lowest BCUT2D eigenvalue weighted by atomic mass is 9.91. The average molecular weight is 276 g/mol. The summed E-state index contributed by atoms with van der Waals surface area (Å²) in [5, 5.41) is 0. The number of nitrogens with two attached hydrogens (primary N) is 1. The molecule has 112 valence electrons. The van der Waals surface area contributed by atoms with Crippen molar-refractivity contribution in [1.29, 1.82) is 0 Å². The lowest BCUT2D eigenvalue weighted by molar-refractivity contribution is 0.0797. The van der Waals surface area contributed by atoms with Crippen LogP contribution in [0.25, 0.3) is 0 Å². The van der Waals surface area contributed by atoms with Gasteiger partial charge in [0.15, 0.2) is 0 Å². The zero-order chi connectivity index (χ0) is 14.5. The predicted octanol–water partition coefficient (Wildman–Crippen LogP) is 2.95. The number of nitrogens with zero attached hydrogens (tertiary/aromatic N) is 1. The lowest BCUT2D eigenvalue weighted by Crippen LogP contribution is -2.45. The lowest BCUT2D eigenvalue weighted by Gasteiger charge is -2.42. The maximum absolute atomic E-state index is 6.09. The standard InChI is InChI=1S/C17H28N2O/c1-13-7-8-14(2)19(11-13)17(10-18)16-6-4-5-15(9-16)12-20-3/h4-6,9,13-14,17H,7-8,10-12,18H2,1-3H3. The Hall–Kier alpha value is -0.900. The molecule has 3 unspecified atom stereocenters. The van der Waals surface area contributed by atoms with E-state index in [1.54, 1.807) is 7.11 Å². The van der Waals surface area contributed by atoms with E-state index in [0.29, 0.717) is 25.2 Å². The van der Waals surface area contributed by atoms with Crippen molar-refractivity contribution in [1.82, 2.24) is 4.90 Å². The van der Waals surface area contributed by atoms with Crippen molar-refractivity contribution in [3.8, 4) is 0 Å². The molecule has 0 saturated carbocycles. The third-order valence-corrected chi connectivity index (χ3v) is 4.44. The van der Waals surface area contributed by atoms with Crippen LogP contribution in [0.1, 0.15) is 43.9 Å². The largest absolute Gasteiger partial charge is 0.380 e. The molecule has 1 aromatic rings. The summed E-state index contributed by atoms with van der Waals surface area (Å²) in [5.41, 5.74) is 8.64. The molecule has 2 N–H and O–H groups in total. The fourth-order valence-corrected chi connectivity index (χ4v) is 3.28. The van der Waals surface area contributed by atoms with Crippen molar-refractivity contribution in [2.24, 2.45) is 11.7 Å². The van der Waals surface area contributed by atoms with Crippen LogP contribution in [-0.4, -0.2) is 31.1 Å². The molecule has 1 aliphatic heterocycles. The molecule has 1 aromatic carbocycles. The molecule has 0 aliphatic carbocycles. The van der Waals surface area contributed by atoms with Crippen molar-refractivity contribution in [3.05, 3.63) is 35.4 Å². The van der Waals surface area contributed by atoms with E-state index < -0.39 is 0 Å². The first-order valence-electron chi connectivity index (χ1n) is 7.69. The van der Waals surface area contributed by atoms with E-state index in [1.165, 1.54) is 24.0 Å². The summed E-state index contributed by atoms with van der Waals surface area (Å²) in [6, 6.07) is 9.61. The highest BCUT2D eigenvalue weighted by Crippen LogP contribution is 2.30. The molecule has 3 atom stereocenters. The number of methoxy groups -OCH3 is 1. The summed E-state index contributed by atoms with van der Waals surface area (Å²) in [6.45, 7) is 7.16. The van der Waals surface area contributed by atoms with E-state index >= 15 is 0 Å². The van der Waals surface area contributed by atoms with E-state index in [9.17, 15) is 0 Å². The van der Waals surface area contributed by atoms with Gasteiger partial charge in [0.25, 0.3) is 0 Å². The van der Waals surface area contributed by atoms with Crippen LogP contribution >= 0.6 is 0 Å². The first-order valence-corrected chi connectivity index (χ1v) is 7.69. The average Bonchev–Trinajstić information content (AvgIpc) is 2.44. The summed E-state index contributed by atoms with van der Waals surface area (Å²) < 4.78 is 5.24. The Bertz CT molecular complexity index is 421. The Morgan fingerprint density at radius 2 is 2.15 bits per heavy atom. The topological polar surface area (TPSA) is 38.5 Å². The van der Waals surface area contributed by atoms with Crippen LogP contribution in [-0.2, 0) is 11.3 Å². The molecule has 1 heterocycles. The Balaban J connectivity index is 2.20. The molecular weight excluding hydrogens is 248 g/mol. The van der Waals surface area contributed by atoms with Gasteiger partial charge < -0.3 is 10.5 Å². The third-order valence-electron chi connectivity index (χ3n) is 4.44. The van der Waals surface area contributed by atoms with E-state index in [0.717, 1.165) is 12.5 Å². The van der Waals surface area contributed by atoms with Gasteiger partial charge in [-0.25, -0.2) is 0 Å². The molecule has 0 bridgehead atoms. The van der Waals surface area contributed by atoms with Crippen LogP contribution in [0.3, 0.4) is 0 Å². The van der Waals surface area contributed by atoms with Crippen LogP contribution < -0.4 is 5.73 Å². The van der Waals surface area contributed by atoms with Crippen LogP contribution in [0, 0.1) is 5.92 Å². The monoisotopic (exact) mass is 276 g/mol. The van der Waals surface area contributed by atoms with Gasteiger partial charge in [-0.2, -0.15) is 0 Å². The van der Waals surface area contributed by atoms with Gasteiger partial charge in [0, 0.05) is 32.3 Å². The molecule has 1 saturated heterocycles. The van der Waals surface area contributed by atoms with Crippen LogP contribution in [0.15, 0.2) is 24.3 Å². The smallest absolute Gasteiger partial charge is 0.0713 e. The number of ether oxygens (including phenoxy) is 1. The van der Waals surface area contributed by atoms with Crippen molar-refractivity contribution in [2.75, 3.05) is 20.2 Å². The number of hydrogen-bond acceptors (Lipinski definition) is 3. The van der Waals surface area contributed by atoms with Crippen LogP contribution in [0.5, 0.6) is 0 Å². The zero-order valence-corrected chi connectivity index (χ0v) is 13.0. The minimum Gasteiger partial charge on any atom is -0.380 e. The Morgan fingerprint density at radius 1 is 1.35 bits per heavy atom. The molecule has 1 aliphatic rings. The zero-order valence-electron chi connectivity index (χ0n) is 13.0. The van der Waals surface area contributed by atoms with Crippen molar-refractivity contribution >= 4 is 0 Å². The number of likely N-dealkylation sites (tertiary alicyclic amines) is 1. The molecule has 0 radical (unpaired) electrons. The van der Waals surface area contributed by atoms with Gasteiger partial charge in [0.1, 0.15) is 0 Å². The maximum Gasteiger partial charge on any atom is 0.0713 e. The van der Waals surface area contributed by atoms with Gasteiger partial charge in [-0.15, -0.1) is 0 Å². The van der Waals surface area contributed by atoms with Crippen molar-refractivity contribution in [3.63, 3.8) is 0 Å². The maximum atomic E-state index is 6.09. The summed E-state index contributed by atoms with van der Waals surface area (Å²) in [4.78, 5) is 2.58. The molecule has 0 amide bonds. The molecule has 1 fully saturated rings. The van der Waals surface area contributed by atoms with Gasteiger partial charge in [0.05, 0.1) is 6.61 Å². The van der Waals surface area contributed by atoms with E-state index in [-0.39, 0.29) is 0 Å². The minimum atomic E-state index is 0.324. The molecule has 3 nitrogen and oxygen atoms in total. The Morgan fingerprint density at radius 3 is 2.85 bits per heavy atom. The van der Waals surface area contributed by atoms with E-state index in [4.69, 9.17) is 10.5 Å². The number of rotatable bonds is 5. The highest BCUT2D eigenvalue weighted by Gasteiger charge is 2.29. The summed E-state index contributed by atoms with van der Waals surface area (Å²) in [6.07, 6.45) is 2.61. The summed E-state index contributed by atoms with van der Waals surface area (Å²) in [5.74, 6) is 0.766. The fraction of sp³-hybridized carbons (Fsp3) is 0.647. The van der Waals surface area contributed by atoms with Crippen LogP contribution in [0.4, 0.5) is 0 Å². The normalized spacial score (nSPS) is 25.6. The molecule has 2 rings (SSSR count).